The third-order valence-corrected chi connectivity index (χ3v) is 5.60. The first-order valence-electron chi connectivity index (χ1n) is 11.9. The van der Waals surface area contributed by atoms with Crippen LogP contribution in [0.4, 0.5) is 5.69 Å². The number of nitrogens with zero attached hydrogens (tertiary/aromatic N) is 4. The fourth-order valence-corrected chi connectivity index (χ4v) is 4.00. The number of nitrogens with one attached hydrogen (secondary N) is 2. The number of carbonyl (C=O) groups excluding carboxylic acids is 1. The monoisotopic (exact) mass is 470 g/mol. The molecule has 0 saturated carbocycles. The predicted octanol–water partition coefficient (Wildman–Crippen LogP) is 0.723. The maximum absolute atomic E-state index is 12.7. The summed E-state index contributed by atoms with van der Waals surface area (Å²) < 4.78 is 7.32. The maximum atomic E-state index is 12.7. The number of hydrogen-bond acceptors (Lipinski definition) is 6. The summed E-state index contributed by atoms with van der Waals surface area (Å²) in [6.07, 6.45) is 7.91. The van der Waals surface area contributed by atoms with Crippen LogP contribution in [0.25, 0.3) is 11.0 Å². The minimum absolute atomic E-state index is 0. The molecule has 3 heterocycles. The molecule has 0 radical (unpaired) electrons. The molecule has 0 bridgehead atoms. The Morgan fingerprint density at radius 3 is 2.83 bits per heavy atom. The molecule has 2 N–H and O–H groups in total. The van der Waals surface area contributed by atoms with Gasteiger partial charge in [-0.15, -0.1) is 18.2 Å². The fourth-order valence-electron chi connectivity index (χ4n) is 4.00. The van der Waals surface area contributed by atoms with Gasteiger partial charge < -0.3 is 34.2 Å². The first kappa shape index (κ1) is 28.8. The van der Waals surface area contributed by atoms with E-state index in [0.717, 1.165) is 43.3 Å². The van der Waals surface area contributed by atoms with Crippen LogP contribution in [0.15, 0.2) is 24.5 Å². The zero-order chi connectivity index (χ0) is 24.5. The van der Waals surface area contributed by atoms with Crippen LogP contribution in [0.5, 0.6) is 5.88 Å². The minimum atomic E-state index is -0.0149. The van der Waals surface area contributed by atoms with Gasteiger partial charge in [-0.2, -0.15) is 22.2 Å². The van der Waals surface area contributed by atoms with Gasteiger partial charge in [-0.3, -0.25) is 9.48 Å². The second-order valence-corrected chi connectivity index (χ2v) is 8.55. The molecule has 1 amide bonds. The van der Waals surface area contributed by atoms with Crippen LogP contribution in [0, 0.1) is 25.8 Å². The molecule has 9 heteroatoms. The van der Waals surface area contributed by atoms with E-state index < -0.39 is 0 Å². The van der Waals surface area contributed by atoms with E-state index in [4.69, 9.17) is 4.74 Å². The number of pyridine rings is 2. The number of aromatic nitrogens is 4. The van der Waals surface area contributed by atoms with E-state index in [2.05, 4.69) is 45.6 Å². The molecule has 0 fully saturated rings. The summed E-state index contributed by atoms with van der Waals surface area (Å²) in [5, 5.41) is 11.2. The van der Waals surface area contributed by atoms with Gasteiger partial charge >= 0.3 is 18.9 Å². The summed E-state index contributed by atoms with van der Waals surface area (Å²) in [4.78, 5) is 21.6. The summed E-state index contributed by atoms with van der Waals surface area (Å²) in [6.45, 7) is 12.4. The Kier molecular flexibility index (Phi) is 11.7. The van der Waals surface area contributed by atoms with Crippen molar-refractivity contribution in [1.29, 1.82) is 0 Å². The zero-order valence-corrected chi connectivity index (χ0v) is 21.4. The second-order valence-electron chi connectivity index (χ2n) is 8.55. The van der Waals surface area contributed by atoms with Crippen molar-refractivity contribution >= 4 is 22.6 Å². The van der Waals surface area contributed by atoms with E-state index in [1.807, 2.05) is 39.2 Å². The van der Waals surface area contributed by atoms with E-state index in [-0.39, 0.29) is 24.8 Å². The Bertz CT molecular complexity index is 1060. The third kappa shape index (κ3) is 8.64. The Morgan fingerprint density at radius 1 is 1.37 bits per heavy atom. The third-order valence-electron chi connectivity index (χ3n) is 5.60. The average molecular weight is 471 g/mol. The first-order chi connectivity index (χ1) is 16.4. The summed E-state index contributed by atoms with van der Waals surface area (Å²) in [5.41, 5.74) is 3.51. The molecule has 0 saturated heterocycles. The molecule has 0 aliphatic heterocycles. The van der Waals surface area contributed by atoms with Gasteiger partial charge in [0.1, 0.15) is 5.69 Å². The molecular weight excluding hydrogens is 435 g/mol. The Morgan fingerprint density at radius 2 is 2.14 bits per heavy atom. The van der Waals surface area contributed by atoms with E-state index in [1.54, 1.807) is 10.9 Å². The van der Waals surface area contributed by atoms with Crippen LogP contribution in [0.2, 0.25) is 0 Å². The minimum Gasteiger partial charge on any atom is -0.476 e. The normalized spacial score (nSPS) is 15.6. The molecule has 3 aromatic heterocycles. The molecule has 4 rings (SSSR count). The van der Waals surface area contributed by atoms with Crippen LogP contribution >= 0.6 is 0 Å². The zero-order valence-electron chi connectivity index (χ0n) is 21.4. The van der Waals surface area contributed by atoms with Crippen molar-refractivity contribution < 1.29 is 28.4 Å². The molecule has 1 aliphatic carbocycles. The van der Waals surface area contributed by atoms with Gasteiger partial charge in [0, 0.05) is 25.1 Å². The summed E-state index contributed by atoms with van der Waals surface area (Å²) in [5.74, 6) is 0.723. The van der Waals surface area contributed by atoms with Crippen molar-refractivity contribution in [3.63, 3.8) is 0 Å². The molecule has 3 aromatic rings. The van der Waals surface area contributed by atoms with Gasteiger partial charge in [0.25, 0.3) is 0 Å². The molecule has 1 unspecified atom stereocenters. The van der Waals surface area contributed by atoms with Crippen molar-refractivity contribution in [2.24, 2.45) is 13.0 Å². The van der Waals surface area contributed by atoms with Crippen LogP contribution in [0.3, 0.4) is 0 Å². The van der Waals surface area contributed by atoms with E-state index in [1.165, 1.54) is 5.56 Å². The molecule has 0 aromatic carbocycles. The van der Waals surface area contributed by atoms with Gasteiger partial charge in [-0.25, -0.2) is 0 Å². The predicted molar refractivity (Wildman–Crippen MR) is 134 cm³/mol. The van der Waals surface area contributed by atoms with Gasteiger partial charge in [-0.1, -0.05) is 31.7 Å². The second kappa shape index (κ2) is 14.2. The van der Waals surface area contributed by atoms with E-state index >= 15 is 0 Å². The Balaban J connectivity index is 0.000000552. The Hall–Kier alpha value is -2.40. The van der Waals surface area contributed by atoms with E-state index in [0.29, 0.717) is 42.2 Å². The number of carbonyl (C=O) groups is 1. The van der Waals surface area contributed by atoms with Crippen LogP contribution < -0.4 is 34.2 Å². The number of hydrogen-bond donors (Lipinski definition) is 2. The van der Waals surface area contributed by atoms with Crippen LogP contribution in [0.1, 0.15) is 44.4 Å². The largest absolute Gasteiger partial charge is 1.00 e. The summed E-state index contributed by atoms with van der Waals surface area (Å²) >= 11 is 0. The smallest absolute Gasteiger partial charge is 0.476 e. The van der Waals surface area contributed by atoms with Crippen molar-refractivity contribution in [2.45, 2.75) is 52.0 Å². The number of anilines is 1. The number of amides is 1. The Labute approximate surface area is 220 Å². The summed E-state index contributed by atoms with van der Waals surface area (Å²) in [7, 11) is 1.84. The van der Waals surface area contributed by atoms with Crippen molar-refractivity contribution in [1.82, 2.24) is 25.1 Å². The molecule has 2 atom stereocenters. The number of ether oxygens (including phenoxy) is 1. The van der Waals surface area contributed by atoms with E-state index in [9.17, 15) is 4.79 Å². The topological polar surface area (TPSA) is 94.0 Å². The standard InChI is InChI=1S/C21H24N5O2.C5H11N.Li/c1-3-28-21-18(12-16-13-26(2)25-20(16)24-21)23-19(27)11-14-6-8-15-5-4-10-22-17(15)9-7-14;1-4-6-5(2)3;/h4,10,12-14H,3,6-9,11H2,1-2H3,(H,23,27);5-6H,1-2,4H2,3H3;/q-1;-2;+1/t;5-;/m.0./s1. The maximum Gasteiger partial charge on any atom is 1.00 e. The number of rotatable bonds is 7. The van der Waals surface area contributed by atoms with Crippen LogP contribution in [-0.4, -0.2) is 44.8 Å². The van der Waals surface area contributed by atoms with Gasteiger partial charge in [-0.05, 0) is 31.7 Å². The quantitative estimate of drug-likeness (QED) is 0.300. The fraction of sp³-hybridized carbons (Fsp3) is 0.462. The number of aryl methyl sites for hydroxylation is 3. The molecule has 1 aliphatic rings. The molecule has 8 nitrogen and oxygen atoms in total. The molecular formula is C26H35LiN6O2-2. The summed E-state index contributed by atoms with van der Waals surface area (Å²) in [6, 6.07) is 7.36. The van der Waals surface area contributed by atoms with Crippen molar-refractivity contribution in [3.8, 4) is 5.88 Å². The molecule has 184 valence electrons. The van der Waals surface area contributed by atoms with Crippen molar-refractivity contribution in [2.75, 3.05) is 18.5 Å². The SMILES string of the molecule is CCOc1nc2nn(C)cc2cc1NC(=O)CC1CCc2[c-]ccnc2CC1.[CH2-]CN[C@@H]([CH2-])C.[Li+]. The van der Waals surface area contributed by atoms with Gasteiger partial charge in [0.15, 0.2) is 5.65 Å². The van der Waals surface area contributed by atoms with Crippen LogP contribution in [-0.2, 0) is 24.7 Å². The first-order valence-corrected chi connectivity index (χ1v) is 11.9. The van der Waals surface area contributed by atoms with Gasteiger partial charge in [0.05, 0.1) is 6.61 Å². The van der Waals surface area contributed by atoms with Gasteiger partial charge in [0.2, 0.25) is 11.8 Å². The number of fused-ring (bicyclic) bond motifs is 2. The molecule has 0 spiro atoms. The average Bonchev–Trinajstić information content (AvgIpc) is 3.02. The van der Waals surface area contributed by atoms with Crippen molar-refractivity contribution in [3.05, 3.63) is 55.7 Å². The molecule has 35 heavy (non-hydrogen) atoms.